The Labute approximate surface area is 98.5 Å². The number of nitrogens with one attached hydrogen (secondary N) is 2. The number of hydrogen-bond donors (Lipinski definition) is 2. The molecule has 3 rings (SSSR count). The predicted molar refractivity (Wildman–Crippen MR) is 63.7 cm³/mol. The molecule has 0 aromatic carbocycles. The van der Waals surface area contributed by atoms with Crippen LogP contribution in [0.25, 0.3) is 0 Å². The Morgan fingerprint density at radius 2 is 2.38 bits per heavy atom. The van der Waals surface area contributed by atoms with E-state index in [1.54, 1.807) is 11.3 Å². The fraction of sp³-hybridized carbons (Fsp3) is 0.636. The quantitative estimate of drug-likeness (QED) is 0.835. The van der Waals surface area contributed by atoms with E-state index in [2.05, 4.69) is 21.0 Å². The third kappa shape index (κ3) is 2.25. The van der Waals surface area contributed by atoms with Crippen LogP contribution in [0.1, 0.15) is 30.9 Å². The van der Waals surface area contributed by atoms with Crippen molar-refractivity contribution in [3.05, 3.63) is 11.1 Å². The standard InChI is InChI=1S/C11H15N3OS/c15-10(3-7-4-12-5-7)14-11-13-9(6-16-11)8-1-2-8/h6-8,12H,1-5H2,(H,13,14,15). The zero-order valence-electron chi connectivity index (χ0n) is 9.03. The second-order valence-corrected chi connectivity index (χ2v) is 5.49. The van der Waals surface area contributed by atoms with Crippen LogP contribution >= 0.6 is 11.3 Å². The van der Waals surface area contributed by atoms with Gasteiger partial charge in [0.1, 0.15) is 0 Å². The first-order chi connectivity index (χ1) is 7.81. The molecule has 0 unspecified atom stereocenters. The van der Waals surface area contributed by atoms with Crippen molar-refractivity contribution in [2.45, 2.75) is 25.2 Å². The molecule has 2 N–H and O–H groups in total. The fourth-order valence-electron chi connectivity index (χ4n) is 1.84. The van der Waals surface area contributed by atoms with Crippen LogP contribution in [-0.4, -0.2) is 24.0 Å². The summed E-state index contributed by atoms with van der Waals surface area (Å²) >= 11 is 1.54. The van der Waals surface area contributed by atoms with Crippen LogP contribution in [0.5, 0.6) is 0 Å². The first-order valence-corrected chi connectivity index (χ1v) is 6.65. The molecule has 5 heteroatoms. The van der Waals surface area contributed by atoms with Gasteiger partial charge in [0.05, 0.1) is 5.69 Å². The van der Waals surface area contributed by atoms with Crippen LogP contribution in [0.3, 0.4) is 0 Å². The van der Waals surface area contributed by atoms with E-state index in [9.17, 15) is 4.79 Å². The van der Waals surface area contributed by atoms with E-state index in [4.69, 9.17) is 0 Å². The average molecular weight is 237 g/mol. The molecule has 1 aromatic heterocycles. The van der Waals surface area contributed by atoms with Crippen LogP contribution in [0.4, 0.5) is 5.13 Å². The lowest BCUT2D eigenvalue weighted by atomic mass is 9.99. The summed E-state index contributed by atoms with van der Waals surface area (Å²) in [7, 11) is 0. The SMILES string of the molecule is O=C(CC1CNC1)Nc1nc(C2CC2)cs1. The monoisotopic (exact) mass is 237 g/mol. The van der Waals surface area contributed by atoms with Gasteiger partial charge in [-0.3, -0.25) is 4.79 Å². The number of hydrogen-bond acceptors (Lipinski definition) is 4. The predicted octanol–water partition coefficient (Wildman–Crippen LogP) is 1.57. The van der Waals surface area contributed by atoms with Crippen LogP contribution < -0.4 is 10.6 Å². The van der Waals surface area contributed by atoms with E-state index >= 15 is 0 Å². The van der Waals surface area contributed by atoms with Crippen molar-refractivity contribution in [3.63, 3.8) is 0 Å². The fourth-order valence-corrected chi connectivity index (χ4v) is 2.64. The summed E-state index contributed by atoms with van der Waals surface area (Å²) in [4.78, 5) is 16.1. The normalized spacial score (nSPS) is 20.5. The summed E-state index contributed by atoms with van der Waals surface area (Å²) in [6.45, 7) is 1.94. The van der Waals surface area contributed by atoms with Gasteiger partial charge in [0.2, 0.25) is 5.91 Å². The maximum atomic E-state index is 11.6. The van der Waals surface area contributed by atoms with E-state index in [1.807, 2.05) is 0 Å². The highest BCUT2D eigenvalue weighted by Crippen LogP contribution is 2.40. The van der Waals surface area contributed by atoms with Crippen molar-refractivity contribution < 1.29 is 4.79 Å². The smallest absolute Gasteiger partial charge is 0.226 e. The second-order valence-electron chi connectivity index (χ2n) is 4.63. The molecule has 4 nitrogen and oxygen atoms in total. The largest absolute Gasteiger partial charge is 0.316 e. The first kappa shape index (κ1) is 10.2. The lowest BCUT2D eigenvalue weighted by Gasteiger charge is -2.26. The Kier molecular flexibility index (Phi) is 2.65. The van der Waals surface area contributed by atoms with E-state index in [0.29, 0.717) is 18.3 Å². The number of nitrogens with zero attached hydrogens (tertiary/aromatic N) is 1. The summed E-state index contributed by atoms with van der Waals surface area (Å²) in [6, 6.07) is 0. The molecule has 86 valence electrons. The van der Waals surface area contributed by atoms with Crippen molar-refractivity contribution >= 4 is 22.4 Å². The van der Waals surface area contributed by atoms with Gasteiger partial charge in [-0.25, -0.2) is 4.98 Å². The maximum Gasteiger partial charge on any atom is 0.226 e. The van der Waals surface area contributed by atoms with E-state index in [0.717, 1.165) is 23.9 Å². The van der Waals surface area contributed by atoms with Crippen LogP contribution in [0.2, 0.25) is 0 Å². The van der Waals surface area contributed by atoms with Gasteiger partial charge >= 0.3 is 0 Å². The van der Waals surface area contributed by atoms with Crippen molar-refractivity contribution in [2.24, 2.45) is 5.92 Å². The van der Waals surface area contributed by atoms with Gasteiger partial charge in [0.15, 0.2) is 5.13 Å². The molecular formula is C11H15N3OS. The third-order valence-electron chi connectivity index (χ3n) is 3.10. The number of carbonyl (C=O) groups is 1. The van der Waals surface area contributed by atoms with Crippen LogP contribution in [0.15, 0.2) is 5.38 Å². The zero-order valence-corrected chi connectivity index (χ0v) is 9.85. The Bertz CT molecular complexity index is 396. The Morgan fingerprint density at radius 1 is 1.56 bits per heavy atom. The zero-order chi connectivity index (χ0) is 11.0. The van der Waals surface area contributed by atoms with Crippen molar-refractivity contribution in [1.82, 2.24) is 10.3 Å². The number of amides is 1. The molecule has 1 saturated carbocycles. The lowest BCUT2D eigenvalue weighted by Crippen LogP contribution is -2.43. The number of carbonyl (C=O) groups excluding carboxylic acids is 1. The molecule has 0 spiro atoms. The summed E-state index contributed by atoms with van der Waals surface area (Å²) in [6.07, 6.45) is 3.13. The summed E-state index contributed by atoms with van der Waals surface area (Å²) in [5.74, 6) is 1.28. The minimum Gasteiger partial charge on any atom is -0.316 e. The van der Waals surface area contributed by atoms with Gasteiger partial charge in [-0.15, -0.1) is 11.3 Å². The minimum atomic E-state index is 0.100. The Balaban J connectivity index is 1.53. The highest BCUT2D eigenvalue weighted by molar-refractivity contribution is 7.13. The molecule has 0 atom stereocenters. The molecular weight excluding hydrogens is 222 g/mol. The lowest BCUT2D eigenvalue weighted by molar-refractivity contribution is -0.117. The van der Waals surface area contributed by atoms with Crippen molar-refractivity contribution in [2.75, 3.05) is 18.4 Å². The van der Waals surface area contributed by atoms with Gasteiger partial charge in [0, 0.05) is 17.7 Å². The van der Waals surface area contributed by atoms with Gasteiger partial charge in [-0.05, 0) is 31.8 Å². The number of rotatable bonds is 4. The number of thiazole rings is 1. The molecule has 0 bridgehead atoms. The molecule has 2 heterocycles. The molecule has 2 aliphatic rings. The first-order valence-electron chi connectivity index (χ1n) is 5.77. The topological polar surface area (TPSA) is 54.0 Å². The van der Waals surface area contributed by atoms with Crippen LogP contribution in [-0.2, 0) is 4.79 Å². The number of anilines is 1. The van der Waals surface area contributed by atoms with Crippen molar-refractivity contribution in [1.29, 1.82) is 0 Å². The van der Waals surface area contributed by atoms with E-state index < -0.39 is 0 Å². The third-order valence-corrected chi connectivity index (χ3v) is 3.88. The molecule has 2 fully saturated rings. The summed E-state index contributed by atoms with van der Waals surface area (Å²) in [5.41, 5.74) is 1.16. The highest BCUT2D eigenvalue weighted by atomic mass is 32.1. The summed E-state index contributed by atoms with van der Waals surface area (Å²) in [5, 5.41) is 8.88. The molecule has 16 heavy (non-hydrogen) atoms. The second kappa shape index (κ2) is 4.14. The Morgan fingerprint density at radius 3 is 3.00 bits per heavy atom. The van der Waals surface area contributed by atoms with E-state index in [1.165, 1.54) is 12.8 Å². The Hall–Kier alpha value is -0.940. The average Bonchev–Trinajstić information content (AvgIpc) is 2.95. The molecule has 1 aromatic rings. The molecule has 1 aliphatic carbocycles. The summed E-state index contributed by atoms with van der Waals surface area (Å²) < 4.78 is 0. The molecule has 1 saturated heterocycles. The van der Waals surface area contributed by atoms with Crippen LogP contribution in [0, 0.1) is 5.92 Å². The van der Waals surface area contributed by atoms with Gasteiger partial charge in [-0.2, -0.15) is 0 Å². The van der Waals surface area contributed by atoms with E-state index in [-0.39, 0.29) is 5.91 Å². The molecule has 0 radical (unpaired) electrons. The minimum absolute atomic E-state index is 0.100. The molecule has 1 amide bonds. The van der Waals surface area contributed by atoms with Gasteiger partial charge < -0.3 is 10.6 Å². The maximum absolute atomic E-state index is 11.6. The van der Waals surface area contributed by atoms with Gasteiger partial charge in [0.25, 0.3) is 0 Å². The number of aromatic nitrogens is 1. The highest BCUT2D eigenvalue weighted by Gasteiger charge is 2.26. The molecule has 1 aliphatic heterocycles. The van der Waals surface area contributed by atoms with Crippen molar-refractivity contribution in [3.8, 4) is 0 Å². The van der Waals surface area contributed by atoms with Gasteiger partial charge in [-0.1, -0.05) is 0 Å².